The lowest BCUT2D eigenvalue weighted by atomic mass is 10.1. The maximum absolute atomic E-state index is 12.1. The fourth-order valence-electron chi connectivity index (χ4n) is 2.91. The van der Waals surface area contributed by atoms with Gasteiger partial charge in [0, 0.05) is 19.6 Å². The Morgan fingerprint density at radius 1 is 1.23 bits per heavy atom. The molecule has 2 N–H and O–H groups in total. The monoisotopic (exact) mass is 375 g/mol. The molecule has 0 aliphatic carbocycles. The first-order chi connectivity index (χ1) is 12.6. The summed E-state index contributed by atoms with van der Waals surface area (Å²) >= 11 is 1.36. The molecule has 1 unspecified atom stereocenters. The van der Waals surface area contributed by atoms with Gasteiger partial charge >= 0.3 is 0 Å². The SMILES string of the molecule is CC(C)Cn1c(SC(C(N)=O)c2ccccc2)nnc1N1CCOCC1. The van der Waals surface area contributed by atoms with Crippen molar-refractivity contribution in [3.05, 3.63) is 35.9 Å². The molecule has 26 heavy (non-hydrogen) atoms. The molecule has 7 nitrogen and oxygen atoms in total. The van der Waals surface area contributed by atoms with E-state index in [9.17, 15) is 4.79 Å². The summed E-state index contributed by atoms with van der Waals surface area (Å²) in [5, 5.41) is 9.01. The van der Waals surface area contributed by atoms with E-state index in [0.717, 1.165) is 31.1 Å². The smallest absolute Gasteiger partial charge is 0.235 e. The van der Waals surface area contributed by atoms with Crippen LogP contribution in [0.25, 0.3) is 0 Å². The lowest BCUT2D eigenvalue weighted by Crippen LogP contribution is -2.38. The van der Waals surface area contributed by atoms with Gasteiger partial charge in [-0.25, -0.2) is 0 Å². The standard InChI is InChI=1S/C18H25N5O2S/c1-13(2)12-23-17(22-8-10-25-11-9-22)20-21-18(23)26-15(16(19)24)14-6-4-3-5-7-14/h3-7,13,15H,8-12H2,1-2H3,(H2,19,24). The minimum Gasteiger partial charge on any atom is -0.378 e. The van der Waals surface area contributed by atoms with Crippen LogP contribution in [0.5, 0.6) is 0 Å². The molecule has 2 heterocycles. The first kappa shape index (κ1) is 18.7. The van der Waals surface area contributed by atoms with Crippen molar-refractivity contribution in [1.82, 2.24) is 14.8 Å². The van der Waals surface area contributed by atoms with E-state index < -0.39 is 5.25 Å². The number of rotatable bonds is 7. The summed E-state index contributed by atoms with van der Waals surface area (Å²) in [4.78, 5) is 14.2. The van der Waals surface area contributed by atoms with Gasteiger partial charge in [0.15, 0.2) is 5.16 Å². The Labute approximate surface area is 157 Å². The molecule has 1 saturated heterocycles. The van der Waals surface area contributed by atoms with E-state index in [2.05, 4.69) is 33.5 Å². The van der Waals surface area contributed by atoms with Crippen LogP contribution < -0.4 is 10.6 Å². The van der Waals surface area contributed by atoms with Crippen molar-refractivity contribution in [2.75, 3.05) is 31.2 Å². The number of hydrogen-bond donors (Lipinski definition) is 1. The second kappa shape index (κ2) is 8.55. The van der Waals surface area contributed by atoms with Crippen LogP contribution >= 0.6 is 11.8 Å². The van der Waals surface area contributed by atoms with Gasteiger partial charge in [-0.3, -0.25) is 9.36 Å². The van der Waals surface area contributed by atoms with E-state index in [0.29, 0.717) is 24.3 Å². The first-order valence-corrected chi connectivity index (χ1v) is 9.71. The van der Waals surface area contributed by atoms with Gasteiger partial charge in [-0.1, -0.05) is 55.9 Å². The maximum Gasteiger partial charge on any atom is 0.235 e. The van der Waals surface area contributed by atoms with Crippen LogP contribution in [0.15, 0.2) is 35.5 Å². The molecular formula is C18H25N5O2S. The van der Waals surface area contributed by atoms with Gasteiger partial charge in [-0.15, -0.1) is 10.2 Å². The topological polar surface area (TPSA) is 86.3 Å². The lowest BCUT2D eigenvalue weighted by Gasteiger charge is -2.28. The van der Waals surface area contributed by atoms with Crippen molar-refractivity contribution in [2.45, 2.75) is 30.8 Å². The molecule has 0 radical (unpaired) electrons. The minimum absolute atomic E-state index is 0.381. The minimum atomic E-state index is -0.496. The molecule has 1 aromatic carbocycles. The Morgan fingerprint density at radius 3 is 2.54 bits per heavy atom. The van der Waals surface area contributed by atoms with E-state index in [4.69, 9.17) is 10.5 Å². The molecule has 140 valence electrons. The molecule has 2 aromatic rings. The van der Waals surface area contributed by atoms with Crippen molar-refractivity contribution in [3.8, 4) is 0 Å². The van der Waals surface area contributed by atoms with Crippen molar-refractivity contribution in [2.24, 2.45) is 11.7 Å². The van der Waals surface area contributed by atoms with Crippen LogP contribution in [0.1, 0.15) is 24.7 Å². The molecule has 1 amide bonds. The van der Waals surface area contributed by atoms with E-state index in [1.54, 1.807) is 0 Å². The van der Waals surface area contributed by atoms with E-state index in [-0.39, 0.29) is 5.91 Å². The third-order valence-electron chi connectivity index (χ3n) is 4.12. The van der Waals surface area contributed by atoms with Gasteiger partial charge in [0.1, 0.15) is 5.25 Å². The highest BCUT2D eigenvalue weighted by atomic mass is 32.2. The molecule has 0 saturated carbocycles. The number of amides is 1. The summed E-state index contributed by atoms with van der Waals surface area (Å²) in [5.74, 6) is 0.878. The van der Waals surface area contributed by atoms with E-state index in [1.807, 2.05) is 30.3 Å². The average molecular weight is 375 g/mol. The molecule has 0 bridgehead atoms. The number of benzene rings is 1. The molecule has 1 fully saturated rings. The van der Waals surface area contributed by atoms with E-state index >= 15 is 0 Å². The van der Waals surface area contributed by atoms with Crippen LogP contribution in [-0.2, 0) is 16.1 Å². The van der Waals surface area contributed by atoms with Crippen LogP contribution in [0.2, 0.25) is 0 Å². The summed E-state index contributed by atoms with van der Waals surface area (Å²) < 4.78 is 7.53. The Morgan fingerprint density at radius 2 is 1.92 bits per heavy atom. The van der Waals surface area contributed by atoms with E-state index in [1.165, 1.54) is 11.8 Å². The average Bonchev–Trinajstić information content (AvgIpc) is 3.02. The molecular weight excluding hydrogens is 350 g/mol. The number of anilines is 1. The second-order valence-corrected chi connectivity index (χ2v) is 7.77. The molecule has 0 spiro atoms. The van der Waals surface area contributed by atoms with Gasteiger partial charge in [0.2, 0.25) is 11.9 Å². The zero-order valence-electron chi connectivity index (χ0n) is 15.2. The zero-order chi connectivity index (χ0) is 18.5. The summed E-state index contributed by atoms with van der Waals surface area (Å²) in [5.41, 5.74) is 6.55. The van der Waals surface area contributed by atoms with Crippen molar-refractivity contribution < 1.29 is 9.53 Å². The first-order valence-electron chi connectivity index (χ1n) is 8.83. The number of aromatic nitrogens is 3. The quantitative estimate of drug-likeness (QED) is 0.746. The molecule has 1 aliphatic rings. The fraction of sp³-hybridized carbons (Fsp3) is 0.500. The van der Waals surface area contributed by atoms with Gasteiger partial charge < -0.3 is 15.4 Å². The van der Waals surface area contributed by atoms with Crippen molar-refractivity contribution >= 4 is 23.6 Å². The molecule has 3 rings (SSSR count). The highest BCUT2D eigenvalue weighted by molar-refractivity contribution is 8.00. The number of primary amides is 1. The van der Waals surface area contributed by atoms with Crippen LogP contribution in [0, 0.1) is 5.92 Å². The molecule has 1 aromatic heterocycles. The zero-order valence-corrected chi connectivity index (χ0v) is 16.0. The number of carbonyl (C=O) groups excluding carboxylic acids is 1. The van der Waals surface area contributed by atoms with Crippen LogP contribution in [-0.4, -0.2) is 47.0 Å². The maximum atomic E-state index is 12.1. The summed E-state index contributed by atoms with van der Waals surface area (Å²) in [7, 11) is 0. The predicted octanol–water partition coefficient (Wildman–Crippen LogP) is 2.09. The Bertz CT molecular complexity index is 728. The highest BCUT2D eigenvalue weighted by Gasteiger charge is 2.26. The number of nitrogens with zero attached hydrogens (tertiary/aromatic N) is 4. The van der Waals surface area contributed by atoms with Crippen molar-refractivity contribution in [3.63, 3.8) is 0 Å². The van der Waals surface area contributed by atoms with Crippen LogP contribution in [0.4, 0.5) is 5.95 Å². The summed E-state index contributed by atoms with van der Waals surface area (Å²) in [6.07, 6.45) is 0. The van der Waals surface area contributed by atoms with Crippen LogP contribution in [0.3, 0.4) is 0 Å². The molecule has 1 aliphatic heterocycles. The summed E-state index contributed by atoms with van der Waals surface area (Å²) in [6, 6.07) is 9.56. The second-order valence-electron chi connectivity index (χ2n) is 6.70. The Kier molecular flexibility index (Phi) is 6.16. The number of morpholine rings is 1. The number of nitrogens with two attached hydrogens (primary N) is 1. The summed E-state index contributed by atoms with van der Waals surface area (Å²) in [6.45, 7) is 8.04. The Balaban J connectivity index is 1.90. The lowest BCUT2D eigenvalue weighted by molar-refractivity contribution is -0.117. The number of thioether (sulfide) groups is 1. The molecule has 8 heteroatoms. The van der Waals surface area contributed by atoms with Gasteiger partial charge in [-0.05, 0) is 11.5 Å². The van der Waals surface area contributed by atoms with Gasteiger partial charge in [0.25, 0.3) is 0 Å². The number of carbonyl (C=O) groups is 1. The number of hydrogen-bond acceptors (Lipinski definition) is 6. The number of ether oxygens (including phenoxy) is 1. The third kappa shape index (κ3) is 4.37. The van der Waals surface area contributed by atoms with Gasteiger partial charge in [-0.2, -0.15) is 0 Å². The fourth-order valence-corrected chi connectivity index (χ4v) is 3.91. The molecule has 1 atom stereocenters. The predicted molar refractivity (Wildman–Crippen MR) is 102 cm³/mol. The van der Waals surface area contributed by atoms with Gasteiger partial charge in [0.05, 0.1) is 13.2 Å². The van der Waals surface area contributed by atoms with Crippen molar-refractivity contribution in [1.29, 1.82) is 0 Å². The highest BCUT2D eigenvalue weighted by Crippen LogP contribution is 2.35. The largest absolute Gasteiger partial charge is 0.378 e. The third-order valence-corrected chi connectivity index (χ3v) is 5.38. The Hall–Kier alpha value is -2.06. The normalized spacial score (nSPS) is 16.0.